The van der Waals surface area contributed by atoms with Crippen molar-refractivity contribution < 1.29 is 23.8 Å². The van der Waals surface area contributed by atoms with Gasteiger partial charge in [-0.15, -0.1) is 0 Å². The molecule has 0 unspecified atom stereocenters. The van der Waals surface area contributed by atoms with Crippen LogP contribution in [0.5, 0.6) is 0 Å². The van der Waals surface area contributed by atoms with E-state index in [9.17, 15) is 14.4 Å². The van der Waals surface area contributed by atoms with E-state index in [4.69, 9.17) is 5.11 Å². The second kappa shape index (κ2) is 4.41. The smallest absolute Gasteiger partial charge is 0.374 e. The monoisotopic (exact) mass is 212 g/mol. The lowest BCUT2D eigenvalue weighted by Crippen LogP contribution is -2.16. The lowest BCUT2D eigenvalue weighted by atomic mass is 10.2. The van der Waals surface area contributed by atoms with Gasteiger partial charge in [0.1, 0.15) is 11.8 Å². The van der Waals surface area contributed by atoms with Crippen LogP contribution in [-0.4, -0.2) is 23.7 Å². The number of carboxylic acids is 1. The number of ether oxygens (including phenoxy) is 1. The van der Waals surface area contributed by atoms with Gasteiger partial charge in [-0.2, -0.15) is 0 Å². The summed E-state index contributed by atoms with van der Waals surface area (Å²) >= 11 is 0. The van der Waals surface area contributed by atoms with Crippen LogP contribution in [0.2, 0.25) is 0 Å². The second-order valence-corrected chi connectivity index (χ2v) is 2.55. The maximum absolute atomic E-state index is 11.1. The zero-order valence-corrected chi connectivity index (χ0v) is 7.85. The molecule has 0 aliphatic heterocycles. The summed E-state index contributed by atoms with van der Waals surface area (Å²) in [4.78, 5) is 32.7. The van der Waals surface area contributed by atoms with Crippen molar-refractivity contribution in [3.8, 4) is 0 Å². The molecule has 0 aliphatic carbocycles. The molecule has 0 radical (unpaired) electrons. The van der Waals surface area contributed by atoms with Crippen LogP contribution in [0.1, 0.15) is 27.8 Å². The fourth-order valence-corrected chi connectivity index (χ4v) is 0.876. The van der Waals surface area contributed by atoms with E-state index in [1.54, 1.807) is 6.92 Å². The number of carbonyl (C=O) groups is 2. The highest BCUT2D eigenvalue weighted by Gasteiger charge is 2.15. The van der Waals surface area contributed by atoms with E-state index < -0.39 is 22.9 Å². The predicted octanol–water partition coefficient (Wildman–Crippen LogP) is 0.515. The number of esters is 1. The minimum absolute atomic E-state index is 0.142. The molecule has 0 spiro atoms. The van der Waals surface area contributed by atoms with Crippen molar-refractivity contribution in [3.05, 3.63) is 33.9 Å². The first-order valence-corrected chi connectivity index (χ1v) is 4.09. The fourth-order valence-electron chi connectivity index (χ4n) is 0.876. The molecular weight excluding hydrogens is 204 g/mol. The van der Waals surface area contributed by atoms with Gasteiger partial charge in [0, 0.05) is 6.07 Å². The van der Waals surface area contributed by atoms with E-state index in [0.29, 0.717) is 0 Å². The number of aromatic carboxylic acids is 1. The third kappa shape index (κ3) is 2.43. The van der Waals surface area contributed by atoms with Crippen LogP contribution in [0.15, 0.2) is 21.5 Å². The number of rotatable bonds is 3. The first-order chi connectivity index (χ1) is 7.06. The van der Waals surface area contributed by atoms with Crippen molar-refractivity contribution in [2.45, 2.75) is 6.92 Å². The van der Waals surface area contributed by atoms with Gasteiger partial charge in [-0.3, -0.25) is 4.79 Å². The number of carboxylic acid groups (broad SMARTS) is 1. The SMILES string of the molecule is CCOC(=O)c1cc(=O)c(C(=O)O)co1. The minimum atomic E-state index is -1.40. The Kier molecular flexibility index (Phi) is 3.22. The molecule has 1 N–H and O–H groups in total. The molecule has 0 bridgehead atoms. The molecule has 1 heterocycles. The molecular formula is C9H8O6. The zero-order valence-electron chi connectivity index (χ0n) is 7.85. The molecule has 0 atom stereocenters. The first kappa shape index (κ1) is 11.0. The molecule has 0 saturated carbocycles. The molecule has 1 rings (SSSR count). The van der Waals surface area contributed by atoms with Gasteiger partial charge in [0.05, 0.1) is 6.61 Å². The highest BCUT2D eigenvalue weighted by molar-refractivity contribution is 5.89. The molecule has 0 amide bonds. The highest BCUT2D eigenvalue weighted by Crippen LogP contribution is 2.01. The summed E-state index contributed by atoms with van der Waals surface area (Å²) in [5, 5.41) is 8.52. The number of carbonyl (C=O) groups excluding carboxylic acids is 1. The maximum atomic E-state index is 11.1. The summed E-state index contributed by atoms with van der Waals surface area (Å²) in [7, 11) is 0. The highest BCUT2D eigenvalue weighted by atomic mass is 16.5. The minimum Gasteiger partial charge on any atom is -0.477 e. The molecule has 15 heavy (non-hydrogen) atoms. The van der Waals surface area contributed by atoms with Crippen LogP contribution in [0.25, 0.3) is 0 Å². The van der Waals surface area contributed by atoms with Gasteiger partial charge in [0.2, 0.25) is 5.76 Å². The number of hydrogen-bond donors (Lipinski definition) is 1. The Labute approximate surface area is 84.1 Å². The van der Waals surface area contributed by atoms with Crippen LogP contribution in [-0.2, 0) is 4.74 Å². The normalized spacial score (nSPS) is 9.67. The second-order valence-electron chi connectivity index (χ2n) is 2.55. The van der Waals surface area contributed by atoms with Crippen molar-refractivity contribution in [2.24, 2.45) is 0 Å². The Balaban J connectivity index is 3.07. The van der Waals surface area contributed by atoms with E-state index in [2.05, 4.69) is 9.15 Å². The summed E-state index contributed by atoms with van der Waals surface area (Å²) in [6, 6.07) is 0.793. The van der Waals surface area contributed by atoms with Crippen molar-refractivity contribution in [2.75, 3.05) is 6.61 Å². The zero-order chi connectivity index (χ0) is 11.4. The quantitative estimate of drug-likeness (QED) is 0.734. The summed E-state index contributed by atoms with van der Waals surface area (Å²) < 4.78 is 9.22. The van der Waals surface area contributed by atoms with Gasteiger partial charge in [-0.25, -0.2) is 9.59 Å². The number of hydrogen-bond acceptors (Lipinski definition) is 5. The Bertz CT molecular complexity index is 444. The van der Waals surface area contributed by atoms with E-state index in [1.807, 2.05) is 0 Å². The lowest BCUT2D eigenvalue weighted by Gasteiger charge is -1.99. The van der Waals surface area contributed by atoms with Gasteiger partial charge in [-0.1, -0.05) is 0 Å². The van der Waals surface area contributed by atoms with Crippen molar-refractivity contribution >= 4 is 11.9 Å². The Morgan fingerprint density at radius 2 is 2.20 bits per heavy atom. The molecule has 6 nitrogen and oxygen atoms in total. The third-order valence-electron chi connectivity index (χ3n) is 1.54. The van der Waals surface area contributed by atoms with Crippen LogP contribution < -0.4 is 5.43 Å². The predicted molar refractivity (Wildman–Crippen MR) is 47.9 cm³/mol. The lowest BCUT2D eigenvalue weighted by molar-refractivity contribution is 0.0484. The summed E-state index contributed by atoms with van der Waals surface area (Å²) in [6.45, 7) is 1.74. The summed E-state index contributed by atoms with van der Waals surface area (Å²) in [5.41, 5.74) is -1.32. The fraction of sp³-hybridized carbons (Fsp3) is 0.222. The maximum Gasteiger partial charge on any atom is 0.374 e. The average Bonchev–Trinajstić information content (AvgIpc) is 2.17. The molecule has 1 aromatic heterocycles. The Hall–Kier alpha value is -2.11. The molecule has 6 heteroatoms. The molecule has 80 valence electrons. The molecule has 1 aromatic rings. The van der Waals surface area contributed by atoms with Crippen molar-refractivity contribution in [1.82, 2.24) is 0 Å². The largest absolute Gasteiger partial charge is 0.477 e. The van der Waals surface area contributed by atoms with Gasteiger partial charge in [0.15, 0.2) is 5.43 Å². The molecule has 0 fully saturated rings. The van der Waals surface area contributed by atoms with Crippen LogP contribution >= 0.6 is 0 Å². The van der Waals surface area contributed by atoms with Crippen molar-refractivity contribution in [1.29, 1.82) is 0 Å². The molecule has 0 aliphatic rings. The molecule has 0 aromatic carbocycles. The van der Waals surface area contributed by atoms with E-state index in [0.717, 1.165) is 12.3 Å². The average molecular weight is 212 g/mol. The van der Waals surface area contributed by atoms with Crippen molar-refractivity contribution in [3.63, 3.8) is 0 Å². The van der Waals surface area contributed by atoms with E-state index >= 15 is 0 Å². The first-order valence-electron chi connectivity index (χ1n) is 4.09. The van der Waals surface area contributed by atoms with E-state index in [-0.39, 0.29) is 12.4 Å². The van der Waals surface area contributed by atoms with Crippen LogP contribution in [0.3, 0.4) is 0 Å². The van der Waals surface area contributed by atoms with Crippen LogP contribution in [0, 0.1) is 0 Å². The summed E-state index contributed by atoms with van der Waals surface area (Å²) in [5.74, 6) is -2.52. The van der Waals surface area contributed by atoms with Gasteiger partial charge in [-0.05, 0) is 6.92 Å². The van der Waals surface area contributed by atoms with Gasteiger partial charge in [0.25, 0.3) is 0 Å². The van der Waals surface area contributed by atoms with Gasteiger partial charge >= 0.3 is 11.9 Å². The Morgan fingerprint density at radius 3 is 2.67 bits per heavy atom. The third-order valence-corrected chi connectivity index (χ3v) is 1.54. The summed E-state index contributed by atoms with van der Waals surface area (Å²) in [6.07, 6.45) is 0.719. The van der Waals surface area contributed by atoms with E-state index in [1.165, 1.54) is 0 Å². The Morgan fingerprint density at radius 1 is 1.53 bits per heavy atom. The van der Waals surface area contributed by atoms with Crippen LogP contribution in [0.4, 0.5) is 0 Å². The molecule has 0 saturated heterocycles. The standard InChI is InChI=1S/C9H8O6/c1-2-14-9(13)7-3-6(10)5(4-15-7)8(11)12/h3-4H,2H2,1H3,(H,11,12). The topological polar surface area (TPSA) is 93.8 Å². The van der Waals surface area contributed by atoms with Gasteiger partial charge < -0.3 is 14.3 Å².